The molecule has 0 bridgehead atoms. The van der Waals surface area contributed by atoms with Gasteiger partial charge in [-0.05, 0) is 63.2 Å². The highest BCUT2D eigenvalue weighted by Gasteiger charge is 2.38. The first-order valence-corrected chi connectivity index (χ1v) is 13.4. The number of piperazine rings is 1. The van der Waals surface area contributed by atoms with Gasteiger partial charge in [-0.2, -0.15) is 0 Å². The Balaban J connectivity index is 1.42. The molecule has 2 aliphatic rings. The van der Waals surface area contributed by atoms with Gasteiger partial charge in [-0.1, -0.05) is 41.9 Å². The summed E-state index contributed by atoms with van der Waals surface area (Å²) in [6.07, 6.45) is 0.0735. The summed E-state index contributed by atoms with van der Waals surface area (Å²) < 4.78 is 12.1. The Morgan fingerprint density at radius 3 is 2.41 bits per heavy atom. The number of halogens is 2. The minimum Gasteiger partial charge on any atom is -0.444 e. The molecule has 1 saturated heterocycles. The lowest BCUT2D eigenvalue weighted by molar-refractivity contribution is 0.00529. The lowest BCUT2D eigenvalue weighted by atomic mass is 9.94. The van der Waals surface area contributed by atoms with E-state index in [2.05, 4.69) is 33.1 Å². The third kappa shape index (κ3) is 5.22. The maximum Gasteiger partial charge on any atom is 0.410 e. The number of ether oxygens (including phenoxy) is 2. The number of hydrogen-bond donors (Lipinski definition) is 0. The molecule has 1 unspecified atom stereocenters. The first-order chi connectivity index (χ1) is 17.5. The topological polar surface area (TPSA) is 67.8 Å². The summed E-state index contributed by atoms with van der Waals surface area (Å²) in [6, 6.07) is 11.9. The second kappa shape index (κ2) is 9.93. The van der Waals surface area contributed by atoms with Gasteiger partial charge in [0, 0.05) is 35.5 Å². The Bertz CT molecular complexity index is 1330. The van der Waals surface area contributed by atoms with Gasteiger partial charge in [0.1, 0.15) is 11.4 Å². The minimum absolute atomic E-state index is 0.0712. The van der Waals surface area contributed by atoms with Crippen LogP contribution in [0.2, 0.25) is 10.3 Å². The van der Waals surface area contributed by atoms with Gasteiger partial charge in [-0.15, -0.1) is 0 Å². The predicted molar refractivity (Wildman–Crippen MR) is 146 cm³/mol. The van der Waals surface area contributed by atoms with Gasteiger partial charge in [0.05, 0.1) is 30.5 Å². The van der Waals surface area contributed by atoms with Gasteiger partial charge in [0.15, 0.2) is 0 Å². The number of fused-ring (bicyclic) bond motifs is 2. The molecule has 3 heterocycles. The fourth-order valence-electron chi connectivity index (χ4n) is 5.45. The Morgan fingerprint density at radius 2 is 1.73 bits per heavy atom. The van der Waals surface area contributed by atoms with E-state index >= 15 is 0 Å². The quantitative estimate of drug-likeness (QED) is 0.340. The van der Waals surface area contributed by atoms with E-state index in [-0.39, 0.29) is 29.6 Å². The molecule has 1 fully saturated rings. The van der Waals surface area contributed by atoms with E-state index in [1.165, 1.54) is 0 Å². The van der Waals surface area contributed by atoms with Crippen LogP contribution in [-0.2, 0) is 22.5 Å². The molecule has 3 atom stereocenters. The van der Waals surface area contributed by atoms with Crippen LogP contribution in [0.5, 0.6) is 0 Å². The van der Waals surface area contributed by atoms with Crippen molar-refractivity contribution in [1.82, 2.24) is 14.9 Å². The van der Waals surface area contributed by atoms with Crippen molar-refractivity contribution in [1.29, 1.82) is 0 Å². The molecule has 9 heteroatoms. The minimum atomic E-state index is -0.547. The molecule has 37 heavy (non-hydrogen) atoms. The van der Waals surface area contributed by atoms with E-state index in [1.54, 1.807) is 0 Å². The summed E-state index contributed by atoms with van der Waals surface area (Å²) in [5.74, 6) is 0.770. The van der Waals surface area contributed by atoms with Crippen molar-refractivity contribution in [3.05, 3.63) is 63.5 Å². The van der Waals surface area contributed by atoms with Crippen LogP contribution in [0.15, 0.2) is 36.4 Å². The maximum absolute atomic E-state index is 12.9. The Kier molecular flexibility index (Phi) is 6.98. The zero-order valence-corrected chi connectivity index (χ0v) is 23.3. The number of rotatable bonds is 2. The molecule has 5 rings (SSSR count). The number of aromatic nitrogens is 2. The van der Waals surface area contributed by atoms with E-state index in [0.29, 0.717) is 31.1 Å². The zero-order chi connectivity index (χ0) is 26.5. The molecule has 0 saturated carbocycles. The smallest absolute Gasteiger partial charge is 0.410 e. The van der Waals surface area contributed by atoms with Gasteiger partial charge in [-0.3, -0.25) is 4.90 Å². The summed E-state index contributed by atoms with van der Waals surface area (Å²) in [7, 11) is 0. The Morgan fingerprint density at radius 1 is 1.05 bits per heavy atom. The number of anilines is 1. The number of carbonyl (C=O) groups excluding carboxylic acids is 1. The summed E-state index contributed by atoms with van der Waals surface area (Å²) >= 11 is 13.0. The third-order valence-corrected chi connectivity index (χ3v) is 7.39. The largest absolute Gasteiger partial charge is 0.444 e. The highest BCUT2D eigenvalue weighted by atomic mass is 35.5. The van der Waals surface area contributed by atoms with Crippen LogP contribution >= 0.6 is 23.2 Å². The number of hydrogen-bond acceptors (Lipinski definition) is 6. The summed E-state index contributed by atoms with van der Waals surface area (Å²) in [5, 5.41) is 2.99. The molecule has 0 aliphatic carbocycles. The summed E-state index contributed by atoms with van der Waals surface area (Å²) in [6.45, 7) is 11.3. The molecule has 196 valence electrons. The molecule has 0 radical (unpaired) electrons. The molecule has 2 aliphatic heterocycles. The van der Waals surface area contributed by atoms with Crippen LogP contribution in [0.3, 0.4) is 0 Å². The van der Waals surface area contributed by atoms with Gasteiger partial charge < -0.3 is 14.4 Å². The standard InChI is InChI=1S/C28H32Cl2N4O3/c1-16-13-33(14-17(2)34(16)27(35)37-28(3,4)5)25-20-15-36-23(12-22(20)31-26(30)32-25)19-10-6-8-18-9-7-11-21(29)24(18)19/h6-11,16-17,23H,12-15H2,1-5H3/t16-,17+,23?. The second-order valence-corrected chi connectivity index (χ2v) is 11.7. The van der Waals surface area contributed by atoms with E-state index < -0.39 is 5.60 Å². The van der Waals surface area contributed by atoms with Crippen molar-refractivity contribution in [3.8, 4) is 0 Å². The molecular weight excluding hydrogens is 511 g/mol. The molecule has 3 aromatic rings. The first kappa shape index (κ1) is 26.0. The average Bonchev–Trinajstić information content (AvgIpc) is 2.81. The van der Waals surface area contributed by atoms with E-state index in [9.17, 15) is 4.79 Å². The van der Waals surface area contributed by atoms with Crippen molar-refractivity contribution in [2.24, 2.45) is 0 Å². The lowest BCUT2D eigenvalue weighted by Crippen LogP contribution is -2.59. The van der Waals surface area contributed by atoms with Crippen LogP contribution in [0.25, 0.3) is 10.8 Å². The maximum atomic E-state index is 12.9. The van der Waals surface area contributed by atoms with Crippen LogP contribution < -0.4 is 4.90 Å². The lowest BCUT2D eigenvalue weighted by Gasteiger charge is -2.45. The third-order valence-electron chi connectivity index (χ3n) is 6.91. The van der Waals surface area contributed by atoms with E-state index in [1.807, 2.05) is 57.7 Å². The van der Waals surface area contributed by atoms with Crippen molar-refractivity contribution >= 4 is 45.9 Å². The van der Waals surface area contributed by atoms with Gasteiger partial charge in [-0.25, -0.2) is 14.8 Å². The molecule has 7 nitrogen and oxygen atoms in total. The van der Waals surface area contributed by atoms with E-state index in [4.69, 9.17) is 32.7 Å². The Hall–Kier alpha value is -2.61. The normalized spacial score (nSPS) is 22.2. The van der Waals surface area contributed by atoms with Gasteiger partial charge in [0.25, 0.3) is 0 Å². The molecule has 0 spiro atoms. The highest BCUT2D eigenvalue weighted by Crippen LogP contribution is 2.39. The van der Waals surface area contributed by atoms with Crippen LogP contribution in [-0.4, -0.2) is 51.7 Å². The predicted octanol–water partition coefficient (Wildman–Crippen LogP) is 6.58. The van der Waals surface area contributed by atoms with Crippen molar-refractivity contribution in [3.63, 3.8) is 0 Å². The summed E-state index contributed by atoms with van der Waals surface area (Å²) in [4.78, 5) is 26.1. The average molecular weight is 543 g/mol. The molecular formula is C28H32Cl2N4O3. The van der Waals surface area contributed by atoms with Gasteiger partial charge in [0.2, 0.25) is 5.28 Å². The monoisotopic (exact) mass is 542 g/mol. The number of benzene rings is 2. The highest BCUT2D eigenvalue weighted by molar-refractivity contribution is 6.35. The molecule has 1 amide bonds. The van der Waals surface area contributed by atoms with Crippen molar-refractivity contribution < 1.29 is 14.3 Å². The molecule has 1 aromatic heterocycles. The Labute approximate surface area is 227 Å². The van der Waals surface area contributed by atoms with Gasteiger partial charge >= 0.3 is 6.09 Å². The zero-order valence-electron chi connectivity index (χ0n) is 21.8. The van der Waals surface area contributed by atoms with Crippen LogP contribution in [0.4, 0.5) is 10.6 Å². The second-order valence-electron chi connectivity index (χ2n) is 10.9. The summed E-state index contributed by atoms with van der Waals surface area (Å²) in [5.41, 5.74) is 2.32. The van der Waals surface area contributed by atoms with Crippen molar-refractivity contribution in [2.75, 3.05) is 18.0 Å². The fourth-order valence-corrected chi connectivity index (χ4v) is 5.92. The number of amides is 1. The van der Waals surface area contributed by atoms with Crippen LogP contribution in [0.1, 0.15) is 57.5 Å². The molecule has 2 aromatic carbocycles. The molecule has 0 N–H and O–H groups in total. The number of carbonyl (C=O) groups is 1. The first-order valence-electron chi connectivity index (χ1n) is 12.6. The number of nitrogens with zero attached hydrogens (tertiary/aromatic N) is 4. The van der Waals surface area contributed by atoms with Crippen molar-refractivity contribution in [2.45, 2.75) is 71.4 Å². The van der Waals surface area contributed by atoms with E-state index in [0.717, 1.165) is 33.4 Å². The van der Waals surface area contributed by atoms with Crippen LogP contribution in [0, 0.1) is 0 Å². The fraction of sp³-hybridized carbons (Fsp3) is 0.464. The SMILES string of the molecule is C[C@@H]1CN(c2nc(Cl)nc3c2COC(c2cccc4cccc(Cl)c24)C3)C[C@H](C)N1C(=O)OC(C)(C)C.